The Morgan fingerprint density at radius 1 is 0.926 bits per heavy atom. The van der Waals surface area contributed by atoms with E-state index < -0.39 is 0 Å². The van der Waals surface area contributed by atoms with Crippen LogP contribution < -0.4 is 5.32 Å². The van der Waals surface area contributed by atoms with Gasteiger partial charge in [0.15, 0.2) is 0 Å². The van der Waals surface area contributed by atoms with Crippen LogP contribution in [0.1, 0.15) is 16.7 Å². The second kappa shape index (κ2) is 8.49. The van der Waals surface area contributed by atoms with Crippen molar-refractivity contribution in [1.29, 1.82) is 0 Å². The van der Waals surface area contributed by atoms with Crippen molar-refractivity contribution in [3.8, 4) is 0 Å². The van der Waals surface area contributed by atoms with E-state index in [0.29, 0.717) is 6.54 Å². The Kier molecular flexibility index (Phi) is 5.87. The third-order valence-corrected chi connectivity index (χ3v) is 4.63. The molecule has 0 aliphatic carbocycles. The molecule has 0 aliphatic rings. The number of aryl methyl sites for hydroxylation is 1. The van der Waals surface area contributed by atoms with E-state index in [2.05, 4.69) is 5.32 Å². The van der Waals surface area contributed by atoms with Gasteiger partial charge in [0.05, 0.1) is 13.0 Å². The molecule has 3 rings (SSSR count). The summed E-state index contributed by atoms with van der Waals surface area (Å²) in [6.07, 6.45) is 0.260. The van der Waals surface area contributed by atoms with Crippen LogP contribution in [0.15, 0.2) is 66.7 Å². The summed E-state index contributed by atoms with van der Waals surface area (Å²) >= 11 is 0. The molecule has 0 fully saturated rings. The number of carbonyl (C=O) groups excluding carboxylic acids is 2. The van der Waals surface area contributed by atoms with Gasteiger partial charge in [0, 0.05) is 13.6 Å². The van der Waals surface area contributed by atoms with Crippen molar-refractivity contribution in [2.75, 3.05) is 13.6 Å². The molecule has 138 valence electrons. The number of fused-ring (bicyclic) bond motifs is 1. The predicted molar refractivity (Wildman–Crippen MR) is 108 cm³/mol. The Bertz CT molecular complexity index is 943. The average molecular weight is 360 g/mol. The van der Waals surface area contributed by atoms with Crippen molar-refractivity contribution in [2.24, 2.45) is 0 Å². The third-order valence-electron chi connectivity index (χ3n) is 4.63. The summed E-state index contributed by atoms with van der Waals surface area (Å²) < 4.78 is 0. The molecule has 0 saturated heterocycles. The van der Waals surface area contributed by atoms with E-state index in [9.17, 15) is 9.59 Å². The van der Waals surface area contributed by atoms with Gasteiger partial charge in [-0.05, 0) is 28.8 Å². The number of carbonyl (C=O) groups is 2. The summed E-state index contributed by atoms with van der Waals surface area (Å²) in [5.41, 5.74) is 3.22. The molecule has 3 aromatic carbocycles. The molecule has 0 heterocycles. The van der Waals surface area contributed by atoms with Gasteiger partial charge >= 0.3 is 0 Å². The first-order chi connectivity index (χ1) is 13.0. The first-order valence-electron chi connectivity index (χ1n) is 9.06. The fourth-order valence-electron chi connectivity index (χ4n) is 3.05. The van der Waals surface area contributed by atoms with Gasteiger partial charge in [-0.3, -0.25) is 9.59 Å². The van der Waals surface area contributed by atoms with Gasteiger partial charge in [0.25, 0.3) is 0 Å². The molecule has 0 radical (unpaired) electrons. The minimum absolute atomic E-state index is 0.00591. The zero-order valence-electron chi connectivity index (χ0n) is 15.7. The zero-order valence-corrected chi connectivity index (χ0v) is 15.7. The van der Waals surface area contributed by atoms with Crippen molar-refractivity contribution in [1.82, 2.24) is 10.2 Å². The van der Waals surface area contributed by atoms with Crippen molar-refractivity contribution < 1.29 is 9.59 Å². The number of hydrogen-bond donors (Lipinski definition) is 1. The molecule has 0 unspecified atom stereocenters. The van der Waals surface area contributed by atoms with E-state index in [-0.39, 0.29) is 24.8 Å². The molecule has 0 saturated carbocycles. The summed E-state index contributed by atoms with van der Waals surface area (Å²) in [5.74, 6) is -0.259. The van der Waals surface area contributed by atoms with E-state index in [1.54, 1.807) is 11.9 Å². The van der Waals surface area contributed by atoms with Crippen LogP contribution in [0, 0.1) is 6.92 Å². The SMILES string of the molecule is Cc1ccc(CN(C)C(=O)CNC(=O)Cc2cccc3ccccc23)cc1. The van der Waals surface area contributed by atoms with Crippen LogP contribution >= 0.6 is 0 Å². The number of hydrogen-bond acceptors (Lipinski definition) is 2. The van der Waals surface area contributed by atoms with E-state index in [4.69, 9.17) is 0 Å². The maximum Gasteiger partial charge on any atom is 0.242 e. The van der Waals surface area contributed by atoms with Crippen LogP contribution in [0.3, 0.4) is 0 Å². The van der Waals surface area contributed by atoms with Crippen molar-refractivity contribution in [3.05, 3.63) is 83.4 Å². The third kappa shape index (κ3) is 4.94. The van der Waals surface area contributed by atoms with Gasteiger partial charge in [-0.2, -0.15) is 0 Å². The lowest BCUT2D eigenvalue weighted by molar-refractivity contribution is -0.132. The molecule has 3 aromatic rings. The molecule has 0 bridgehead atoms. The smallest absolute Gasteiger partial charge is 0.242 e. The summed E-state index contributed by atoms with van der Waals surface area (Å²) in [6, 6.07) is 22.0. The molecule has 4 heteroatoms. The van der Waals surface area contributed by atoms with Gasteiger partial charge in [-0.1, -0.05) is 72.3 Å². The van der Waals surface area contributed by atoms with Crippen LogP contribution in [0.5, 0.6) is 0 Å². The summed E-state index contributed by atoms with van der Waals surface area (Å²) in [6.45, 7) is 2.56. The summed E-state index contributed by atoms with van der Waals surface area (Å²) in [5, 5.41) is 4.92. The lowest BCUT2D eigenvalue weighted by atomic mass is 10.0. The highest BCUT2D eigenvalue weighted by molar-refractivity contribution is 5.91. The van der Waals surface area contributed by atoms with Gasteiger partial charge in [0.1, 0.15) is 0 Å². The van der Waals surface area contributed by atoms with Crippen LogP contribution in [0.2, 0.25) is 0 Å². The van der Waals surface area contributed by atoms with E-state index >= 15 is 0 Å². The minimum Gasteiger partial charge on any atom is -0.347 e. The Hall–Kier alpha value is -3.14. The van der Waals surface area contributed by atoms with E-state index in [1.807, 2.05) is 73.7 Å². The van der Waals surface area contributed by atoms with Gasteiger partial charge in [-0.15, -0.1) is 0 Å². The number of likely N-dealkylation sites (N-methyl/N-ethyl adjacent to an activating group) is 1. The lowest BCUT2D eigenvalue weighted by Gasteiger charge is -2.18. The van der Waals surface area contributed by atoms with E-state index in [1.165, 1.54) is 5.56 Å². The Morgan fingerprint density at radius 2 is 1.63 bits per heavy atom. The van der Waals surface area contributed by atoms with Crippen LogP contribution in [-0.4, -0.2) is 30.3 Å². The number of amides is 2. The zero-order chi connectivity index (χ0) is 19.2. The average Bonchev–Trinajstić information content (AvgIpc) is 2.68. The molecule has 0 atom stereocenters. The lowest BCUT2D eigenvalue weighted by Crippen LogP contribution is -2.38. The summed E-state index contributed by atoms with van der Waals surface area (Å²) in [4.78, 5) is 26.2. The molecule has 0 spiro atoms. The molecular formula is C23H24N2O2. The van der Waals surface area contributed by atoms with Gasteiger partial charge < -0.3 is 10.2 Å². The maximum atomic E-state index is 12.3. The highest BCUT2D eigenvalue weighted by Gasteiger charge is 2.12. The molecule has 27 heavy (non-hydrogen) atoms. The quantitative estimate of drug-likeness (QED) is 0.732. The topological polar surface area (TPSA) is 49.4 Å². The van der Waals surface area contributed by atoms with Crippen molar-refractivity contribution in [2.45, 2.75) is 19.9 Å². The number of rotatable bonds is 6. The molecular weight excluding hydrogens is 336 g/mol. The molecule has 0 aliphatic heterocycles. The first kappa shape index (κ1) is 18.6. The first-order valence-corrected chi connectivity index (χ1v) is 9.06. The van der Waals surface area contributed by atoms with Gasteiger partial charge in [0.2, 0.25) is 11.8 Å². The fraction of sp³-hybridized carbons (Fsp3) is 0.217. The predicted octanol–water partition coefficient (Wildman–Crippen LogP) is 3.47. The number of nitrogens with zero attached hydrogens (tertiary/aromatic N) is 1. The highest BCUT2D eigenvalue weighted by atomic mass is 16.2. The molecule has 2 amide bonds. The van der Waals surface area contributed by atoms with Crippen LogP contribution in [-0.2, 0) is 22.6 Å². The normalized spacial score (nSPS) is 10.6. The number of benzene rings is 3. The van der Waals surface area contributed by atoms with Crippen LogP contribution in [0.25, 0.3) is 10.8 Å². The summed E-state index contributed by atoms with van der Waals surface area (Å²) in [7, 11) is 1.75. The Labute approximate surface area is 159 Å². The second-order valence-electron chi connectivity index (χ2n) is 6.83. The largest absolute Gasteiger partial charge is 0.347 e. The molecule has 0 aromatic heterocycles. The fourth-order valence-corrected chi connectivity index (χ4v) is 3.05. The minimum atomic E-state index is -0.150. The van der Waals surface area contributed by atoms with Crippen molar-refractivity contribution >= 4 is 22.6 Å². The second-order valence-corrected chi connectivity index (χ2v) is 6.83. The Balaban J connectivity index is 1.53. The molecule has 4 nitrogen and oxygen atoms in total. The number of nitrogens with one attached hydrogen (secondary N) is 1. The van der Waals surface area contributed by atoms with Crippen LogP contribution in [0.4, 0.5) is 0 Å². The maximum absolute atomic E-state index is 12.3. The Morgan fingerprint density at radius 3 is 2.41 bits per heavy atom. The van der Waals surface area contributed by atoms with Crippen molar-refractivity contribution in [3.63, 3.8) is 0 Å². The standard InChI is InChI=1S/C23H24N2O2/c1-17-10-12-18(13-11-17)16-25(2)23(27)15-24-22(26)14-20-8-5-7-19-6-3-4-9-21(19)20/h3-13H,14-16H2,1-2H3,(H,24,26). The highest BCUT2D eigenvalue weighted by Crippen LogP contribution is 2.18. The van der Waals surface area contributed by atoms with Gasteiger partial charge in [-0.25, -0.2) is 0 Å². The monoisotopic (exact) mass is 360 g/mol. The van der Waals surface area contributed by atoms with E-state index in [0.717, 1.165) is 21.9 Å². The molecule has 1 N–H and O–H groups in total.